The molecule has 9 heteroatoms. The molecular formula is C20H24O9. The number of hydrogen-bond acceptors (Lipinski definition) is 9. The Kier molecular flexibility index (Phi) is 2.79. The van der Waals surface area contributed by atoms with E-state index < -0.39 is 70.5 Å². The van der Waals surface area contributed by atoms with Crippen molar-refractivity contribution in [1.82, 2.24) is 0 Å². The minimum Gasteiger partial charge on any atom is -0.459 e. The molecule has 0 aromatic carbocycles. The van der Waals surface area contributed by atoms with Gasteiger partial charge in [0.15, 0.2) is 11.7 Å². The van der Waals surface area contributed by atoms with Crippen LogP contribution in [0.4, 0.5) is 0 Å². The van der Waals surface area contributed by atoms with E-state index in [-0.39, 0.29) is 17.8 Å². The molecule has 6 fully saturated rings. The molecule has 6 rings (SSSR count). The molecule has 0 aromatic rings. The molecule has 2 spiro atoms. The summed E-state index contributed by atoms with van der Waals surface area (Å²) < 4.78 is 22.9. The lowest BCUT2D eigenvalue weighted by molar-refractivity contribution is -0.238. The number of hydrogen-bond donors (Lipinski definition) is 2. The monoisotopic (exact) mass is 408 g/mol. The predicted molar refractivity (Wildman–Crippen MR) is 90.6 cm³/mol. The van der Waals surface area contributed by atoms with Crippen LogP contribution in [0.1, 0.15) is 40.5 Å². The lowest BCUT2D eigenvalue weighted by Gasteiger charge is -2.46. The first-order chi connectivity index (χ1) is 13.4. The van der Waals surface area contributed by atoms with E-state index >= 15 is 0 Å². The molecule has 2 unspecified atom stereocenters. The highest BCUT2D eigenvalue weighted by Gasteiger charge is 3.01. The van der Waals surface area contributed by atoms with E-state index in [0.717, 1.165) is 0 Å². The summed E-state index contributed by atoms with van der Waals surface area (Å²) in [6.45, 7) is 7.47. The van der Waals surface area contributed by atoms with E-state index in [0.29, 0.717) is 6.42 Å². The third kappa shape index (κ3) is 1.35. The molecule has 0 aromatic heterocycles. The highest BCUT2D eigenvalue weighted by Crippen LogP contribution is 2.84. The Morgan fingerprint density at radius 1 is 1.03 bits per heavy atom. The van der Waals surface area contributed by atoms with Gasteiger partial charge in [0.05, 0.1) is 16.7 Å². The number of ether oxygens (including phenoxy) is 4. The molecular weight excluding hydrogens is 384 g/mol. The summed E-state index contributed by atoms with van der Waals surface area (Å²) >= 11 is 0. The summed E-state index contributed by atoms with van der Waals surface area (Å²) in [4.78, 5) is 38.1. The van der Waals surface area contributed by atoms with Crippen LogP contribution in [0, 0.1) is 28.1 Å². The third-order valence-corrected chi connectivity index (χ3v) is 8.97. The lowest BCUT2D eigenvalue weighted by Crippen LogP contribution is -2.66. The minimum atomic E-state index is -1.97. The molecule has 4 heterocycles. The van der Waals surface area contributed by atoms with Crippen LogP contribution in [-0.4, -0.2) is 63.9 Å². The average molecular weight is 408 g/mol. The Bertz CT molecular complexity index is 893. The second kappa shape index (κ2) is 4.48. The molecule has 9 nitrogen and oxygen atoms in total. The van der Waals surface area contributed by atoms with Gasteiger partial charge >= 0.3 is 17.9 Å². The van der Waals surface area contributed by atoms with Gasteiger partial charge in [0, 0.05) is 6.42 Å². The van der Waals surface area contributed by atoms with Gasteiger partial charge in [-0.25, -0.2) is 9.59 Å². The Hall–Kier alpha value is -1.71. The molecule has 29 heavy (non-hydrogen) atoms. The standard InChI is InChI=1S/C20H24O9/c1-7-12(22)26-10-6-17-9-5-8(16(2,3)4)18(17)11(21)13(23)28-15(18)29-20(17,14(24)27-9)19(7,10)25/h7-11,15,21,25H,5-6H2,1-4H3/t7-,8+,9-,10+,11-,15+,17?,18?,19-,20-/m1/s1. The normalized spacial score (nSPS) is 59.2. The molecule has 4 saturated heterocycles. The fraction of sp³-hybridized carbons (Fsp3) is 0.850. The topological polar surface area (TPSA) is 129 Å². The molecule has 0 amide bonds. The van der Waals surface area contributed by atoms with Crippen molar-refractivity contribution in [3.8, 4) is 0 Å². The average Bonchev–Trinajstić information content (AvgIpc) is 3.31. The van der Waals surface area contributed by atoms with Gasteiger partial charge in [-0.1, -0.05) is 20.8 Å². The number of aliphatic hydroxyl groups excluding tert-OH is 1. The maximum atomic E-state index is 13.3. The van der Waals surface area contributed by atoms with Crippen molar-refractivity contribution in [3.05, 3.63) is 0 Å². The van der Waals surface area contributed by atoms with Crippen LogP contribution >= 0.6 is 0 Å². The molecule has 4 aliphatic heterocycles. The Labute approximate surface area is 166 Å². The van der Waals surface area contributed by atoms with E-state index in [9.17, 15) is 24.6 Å². The van der Waals surface area contributed by atoms with E-state index in [2.05, 4.69) is 0 Å². The Morgan fingerprint density at radius 3 is 2.38 bits per heavy atom. The number of fused-ring (bicyclic) bond motifs is 1. The van der Waals surface area contributed by atoms with Gasteiger partial charge in [0.25, 0.3) is 0 Å². The molecule has 2 N–H and O–H groups in total. The Balaban J connectivity index is 1.68. The van der Waals surface area contributed by atoms with Crippen molar-refractivity contribution >= 4 is 17.9 Å². The molecule has 10 atom stereocenters. The zero-order valence-electron chi connectivity index (χ0n) is 16.6. The van der Waals surface area contributed by atoms with Crippen LogP contribution in [0.3, 0.4) is 0 Å². The van der Waals surface area contributed by atoms with Crippen molar-refractivity contribution in [2.75, 3.05) is 0 Å². The second-order valence-corrected chi connectivity index (χ2v) is 10.6. The SMILES string of the molecule is C[C@@H]1C(=O)O[C@H]2CC34[C@H]5C[C@@H](C(C)(C)C)C36[C@@H](OC(=O)[C@H]6O)O[C@@]4(C(=O)O5)[C@]21O. The molecule has 2 saturated carbocycles. The largest absolute Gasteiger partial charge is 0.459 e. The smallest absolute Gasteiger partial charge is 0.342 e. The maximum Gasteiger partial charge on any atom is 0.342 e. The van der Waals surface area contributed by atoms with Crippen LogP contribution in [0.15, 0.2) is 0 Å². The van der Waals surface area contributed by atoms with Crippen LogP contribution in [-0.2, 0) is 33.3 Å². The number of rotatable bonds is 0. The minimum absolute atomic E-state index is 0.0623. The van der Waals surface area contributed by atoms with Crippen LogP contribution in [0.25, 0.3) is 0 Å². The zero-order valence-corrected chi connectivity index (χ0v) is 16.6. The number of carbonyl (C=O) groups excluding carboxylic acids is 3. The van der Waals surface area contributed by atoms with Gasteiger partial charge in [0.1, 0.15) is 12.2 Å². The summed E-state index contributed by atoms with van der Waals surface area (Å²) in [5, 5.41) is 23.0. The van der Waals surface area contributed by atoms with Gasteiger partial charge in [-0.05, 0) is 24.7 Å². The van der Waals surface area contributed by atoms with Crippen LogP contribution in [0.5, 0.6) is 0 Å². The van der Waals surface area contributed by atoms with Crippen LogP contribution in [0.2, 0.25) is 0 Å². The Morgan fingerprint density at radius 2 is 1.72 bits per heavy atom. The van der Waals surface area contributed by atoms with E-state index in [1.165, 1.54) is 6.92 Å². The second-order valence-electron chi connectivity index (χ2n) is 10.6. The van der Waals surface area contributed by atoms with Gasteiger partial charge in [-0.15, -0.1) is 0 Å². The highest BCUT2D eigenvalue weighted by atomic mass is 16.8. The summed E-state index contributed by atoms with van der Waals surface area (Å²) in [5.41, 5.74) is -6.81. The summed E-state index contributed by atoms with van der Waals surface area (Å²) in [5.74, 6) is -3.52. The van der Waals surface area contributed by atoms with Crippen molar-refractivity contribution in [3.63, 3.8) is 0 Å². The van der Waals surface area contributed by atoms with E-state index in [4.69, 9.17) is 18.9 Å². The first-order valence-electron chi connectivity index (χ1n) is 10.1. The quantitative estimate of drug-likeness (QED) is 0.408. The predicted octanol–water partition coefficient (Wildman–Crippen LogP) is -0.340. The number of esters is 3. The van der Waals surface area contributed by atoms with Crippen molar-refractivity contribution < 1.29 is 43.5 Å². The van der Waals surface area contributed by atoms with Crippen LogP contribution < -0.4 is 0 Å². The zero-order chi connectivity index (χ0) is 20.9. The summed E-state index contributed by atoms with van der Waals surface area (Å²) in [6, 6.07) is 0. The number of carbonyl (C=O) groups is 3. The molecule has 0 radical (unpaired) electrons. The number of aliphatic hydroxyl groups is 2. The van der Waals surface area contributed by atoms with Crippen molar-refractivity contribution in [2.45, 2.75) is 76.3 Å². The van der Waals surface area contributed by atoms with Gasteiger partial charge in [-0.3, -0.25) is 4.79 Å². The van der Waals surface area contributed by atoms with Gasteiger partial charge in [-0.2, -0.15) is 0 Å². The maximum absolute atomic E-state index is 13.3. The van der Waals surface area contributed by atoms with E-state index in [1.54, 1.807) is 0 Å². The molecule has 0 bridgehead atoms. The summed E-state index contributed by atoms with van der Waals surface area (Å²) in [6.07, 6.45) is -3.96. The fourth-order valence-corrected chi connectivity index (χ4v) is 8.06. The third-order valence-electron chi connectivity index (χ3n) is 8.97. The molecule has 158 valence electrons. The van der Waals surface area contributed by atoms with Gasteiger partial charge in [0.2, 0.25) is 11.9 Å². The highest BCUT2D eigenvalue weighted by molar-refractivity contribution is 5.93. The van der Waals surface area contributed by atoms with Crippen molar-refractivity contribution in [1.29, 1.82) is 0 Å². The first-order valence-corrected chi connectivity index (χ1v) is 10.1. The fourth-order valence-electron chi connectivity index (χ4n) is 8.06. The summed E-state index contributed by atoms with van der Waals surface area (Å²) in [7, 11) is 0. The van der Waals surface area contributed by atoms with E-state index in [1.807, 2.05) is 20.8 Å². The van der Waals surface area contributed by atoms with Gasteiger partial charge < -0.3 is 29.2 Å². The molecule has 2 aliphatic carbocycles. The van der Waals surface area contributed by atoms with Crippen molar-refractivity contribution in [2.24, 2.45) is 28.1 Å². The lowest BCUT2D eigenvalue weighted by atomic mass is 9.51. The molecule has 6 aliphatic rings. The first kappa shape index (κ1) is 18.1.